The van der Waals surface area contributed by atoms with Crippen LogP contribution in [0.5, 0.6) is 0 Å². The molecule has 14 heteroatoms. The summed E-state index contributed by atoms with van der Waals surface area (Å²) >= 11 is 0. The van der Waals surface area contributed by atoms with E-state index < -0.39 is 38.9 Å². The maximum absolute atomic E-state index is 13.6. The van der Waals surface area contributed by atoms with E-state index in [1.54, 1.807) is 11.0 Å². The van der Waals surface area contributed by atoms with Crippen LogP contribution in [0.25, 0.3) is 5.82 Å². The number of anilines is 2. The SMILES string of the molecule is CS(=O)(=O)CC(=O)Nc1c2c(nn1-c1ccc(C#N)cn1)C[C@]1(CCc3cc(N4CC(F)(F)C4)ccc31)NC2=O. The number of pyridine rings is 1. The second kappa shape index (κ2) is 8.82. The molecule has 1 aliphatic carbocycles. The van der Waals surface area contributed by atoms with E-state index in [0.717, 1.165) is 17.4 Å². The van der Waals surface area contributed by atoms with E-state index >= 15 is 0 Å². The first-order chi connectivity index (χ1) is 18.9. The number of benzene rings is 1. The third-order valence-corrected chi connectivity index (χ3v) is 8.17. The van der Waals surface area contributed by atoms with Gasteiger partial charge >= 0.3 is 0 Å². The van der Waals surface area contributed by atoms with Crippen LogP contribution in [0.4, 0.5) is 20.3 Å². The fraction of sp³-hybridized carbons (Fsp3) is 0.346. The lowest BCUT2D eigenvalue weighted by Crippen LogP contribution is -2.56. The van der Waals surface area contributed by atoms with Gasteiger partial charge in [-0.25, -0.2) is 22.2 Å². The first kappa shape index (κ1) is 25.9. The Balaban J connectivity index is 1.38. The standard InChI is InChI=1S/C26H23F2N7O4S/c1-40(38,39)12-21(36)31-23-22-19(33-35(23)20-5-2-15(10-29)11-30-20)9-25(32-24(22)37)7-6-16-8-17(3-4-18(16)25)34-13-26(27,28)14-34/h2-5,8,11H,6-7,9,12-14H2,1H3,(H,31,36)(H,32,37)/t25-/m0/s1. The van der Waals surface area contributed by atoms with Crippen LogP contribution in [-0.4, -0.2) is 66.0 Å². The van der Waals surface area contributed by atoms with Gasteiger partial charge in [-0.3, -0.25) is 9.59 Å². The van der Waals surface area contributed by atoms with Gasteiger partial charge in [-0.05, 0) is 48.2 Å². The van der Waals surface area contributed by atoms with Gasteiger partial charge in [0, 0.05) is 24.6 Å². The number of carbonyl (C=O) groups is 2. The van der Waals surface area contributed by atoms with Gasteiger partial charge in [0.05, 0.1) is 29.9 Å². The Bertz CT molecular complexity index is 1720. The van der Waals surface area contributed by atoms with Crippen LogP contribution in [0.2, 0.25) is 0 Å². The minimum atomic E-state index is -3.65. The molecule has 4 heterocycles. The average molecular weight is 568 g/mol. The highest BCUT2D eigenvalue weighted by atomic mass is 32.2. The maximum atomic E-state index is 13.6. The summed E-state index contributed by atoms with van der Waals surface area (Å²) in [5.41, 5.74) is 2.50. The van der Waals surface area contributed by atoms with E-state index in [0.29, 0.717) is 29.8 Å². The predicted octanol–water partition coefficient (Wildman–Crippen LogP) is 1.70. The molecule has 1 saturated heterocycles. The number of sulfone groups is 1. The molecule has 206 valence electrons. The largest absolute Gasteiger partial charge is 0.359 e. The van der Waals surface area contributed by atoms with Crippen molar-refractivity contribution in [2.75, 3.05) is 35.3 Å². The first-order valence-electron chi connectivity index (χ1n) is 12.4. The second-order valence-electron chi connectivity index (χ2n) is 10.5. The van der Waals surface area contributed by atoms with Gasteiger partial charge in [0.2, 0.25) is 5.91 Å². The minimum Gasteiger partial charge on any atom is -0.359 e. The van der Waals surface area contributed by atoms with Crippen LogP contribution >= 0.6 is 0 Å². The van der Waals surface area contributed by atoms with Crippen LogP contribution in [0.1, 0.15) is 39.2 Å². The molecule has 2 N–H and O–H groups in total. The zero-order valence-electron chi connectivity index (χ0n) is 21.2. The van der Waals surface area contributed by atoms with Crippen molar-refractivity contribution in [2.45, 2.75) is 30.7 Å². The predicted molar refractivity (Wildman–Crippen MR) is 139 cm³/mol. The lowest BCUT2D eigenvalue weighted by Gasteiger charge is -2.41. The smallest absolute Gasteiger partial charge is 0.282 e. The maximum Gasteiger partial charge on any atom is 0.282 e. The number of hydrogen-bond donors (Lipinski definition) is 2. The van der Waals surface area contributed by atoms with Crippen molar-refractivity contribution in [1.82, 2.24) is 20.1 Å². The number of fused-ring (bicyclic) bond motifs is 3. The first-order valence-corrected chi connectivity index (χ1v) is 14.5. The fourth-order valence-electron chi connectivity index (χ4n) is 5.64. The molecule has 0 saturated carbocycles. The van der Waals surface area contributed by atoms with E-state index in [2.05, 4.69) is 20.7 Å². The Morgan fingerprint density at radius 2 is 2.02 bits per heavy atom. The van der Waals surface area contributed by atoms with Crippen LogP contribution < -0.4 is 15.5 Å². The van der Waals surface area contributed by atoms with Crippen molar-refractivity contribution in [3.05, 3.63) is 64.5 Å². The number of halogens is 2. The van der Waals surface area contributed by atoms with Crippen LogP contribution in [-0.2, 0) is 33.0 Å². The lowest BCUT2D eigenvalue weighted by atomic mass is 9.82. The summed E-state index contributed by atoms with van der Waals surface area (Å²) in [7, 11) is -3.65. The van der Waals surface area contributed by atoms with Crippen molar-refractivity contribution < 1.29 is 26.8 Å². The second-order valence-corrected chi connectivity index (χ2v) is 12.6. The van der Waals surface area contributed by atoms with Crippen LogP contribution in [0.3, 0.4) is 0 Å². The summed E-state index contributed by atoms with van der Waals surface area (Å²) in [6.07, 6.45) is 3.71. The molecule has 1 fully saturated rings. The highest BCUT2D eigenvalue weighted by Gasteiger charge is 2.48. The van der Waals surface area contributed by atoms with Crippen molar-refractivity contribution in [2.24, 2.45) is 0 Å². The number of alkyl halides is 2. The van der Waals surface area contributed by atoms with Gasteiger partial charge in [-0.2, -0.15) is 15.0 Å². The molecule has 1 spiro atoms. The average Bonchev–Trinajstić information content (AvgIpc) is 3.39. The highest BCUT2D eigenvalue weighted by Crippen LogP contribution is 2.45. The molecular weight excluding hydrogens is 544 g/mol. The van der Waals surface area contributed by atoms with Crippen LogP contribution in [0.15, 0.2) is 36.5 Å². The monoisotopic (exact) mass is 567 g/mol. The number of amides is 2. The third kappa shape index (κ3) is 4.45. The van der Waals surface area contributed by atoms with Gasteiger partial charge < -0.3 is 15.5 Å². The van der Waals surface area contributed by atoms with E-state index in [4.69, 9.17) is 5.26 Å². The molecule has 2 aliphatic heterocycles. The van der Waals surface area contributed by atoms with Gasteiger partial charge in [-0.15, -0.1) is 0 Å². The molecule has 3 aromatic rings. The van der Waals surface area contributed by atoms with E-state index in [-0.39, 0.29) is 36.7 Å². The Hall–Kier alpha value is -4.38. The number of aromatic nitrogens is 3. The quantitative estimate of drug-likeness (QED) is 0.473. The number of nitrogens with one attached hydrogen (secondary N) is 2. The topological polar surface area (TPSA) is 150 Å². The number of rotatable bonds is 5. The molecule has 2 amide bonds. The summed E-state index contributed by atoms with van der Waals surface area (Å²) in [5, 5.41) is 19.3. The van der Waals surface area contributed by atoms with Gasteiger partial charge in [0.1, 0.15) is 17.4 Å². The molecule has 0 bridgehead atoms. The lowest BCUT2D eigenvalue weighted by molar-refractivity contribution is -0.113. The molecular formula is C26H23F2N7O4S. The van der Waals surface area contributed by atoms with Gasteiger partial charge in [0.25, 0.3) is 11.8 Å². The Kier molecular flexibility index (Phi) is 5.70. The fourth-order valence-corrected chi connectivity index (χ4v) is 6.19. The molecule has 1 aromatic carbocycles. The summed E-state index contributed by atoms with van der Waals surface area (Å²) in [5.74, 6) is -4.64. The summed E-state index contributed by atoms with van der Waals surface area (Å²) in [4.78, 5) is 32.0. The number of nitrogens with zero attached hydrogens (tertiary/aromatic N) is 5. The summed E-state index contributed by atoms with van der Waals surface area (Å²) < 4.78 is 51.5. The number of hydrogen-bond acceptors (Lipinski definition) is 8. The number of carbonyl (C=O) groups excluding carboxylic acids is 2. The van der Waals surface area contributed by atoms with Crippen LogP contribution in [0, 0.1) is 11.3 Å². The molecule has 11 nitrogen and oxygen atoms in total. The zero-order valence-corrected chi connectivity index (χ0v) is 22.1. The molecule has 40 heavy (non-hydrogen) atoms. The van der Waals surface area contributed by atoms with E-state index in [1.807, 2.05) is 18.2 Å². The normalized spacial score (nSPS) is 20.8. The van der Waals surface area contributed by atoms with Crippen molar-refractivity contribution >= 4 is 33.2 Å². The Labute approximate surface area is 227 Å². The Morgan fingerprint density at radius 1 is 1.25 bits per heavy atom. The van der Waals surface area contributed by atoms with Crippen molar-refractivity contribution in [3.8, 4) is 11.9 Å². The van der Waals surface area contributed by atoms with E-state index in [9.17, 15) is 26.8 Å². The van der Waals surface area contributed by atoms with Crippen molar-refractivity contribution in [1.29, 1.82) is 5.26 Å². The molecule has 2 aromatic heterocycles. The minimum absolute atomic E-state index is 0.0273. The molecule has 6 rings (SSSR count). The molecule has 0 unspecified atom stereocenters. The molecule has 0 radical (unpaired) electrons. The summed E-state index contributed by atoms with van der Waals surface area (Å²) in [6, 6.07) is 10.5. The number of nitriles is 1. The highest BCUT2D eigenvalue weighted by molar-refractivity contribution is 7.91. The molecule has 3 aliphatic rings. The van der Waals surface area contributed by atoms with Gasteiger partial charge in [0.15, 0.2) is 21.5 Å². The zero-order chi connectivity index (χ0) is 28.4. The third-order valence-electron chi connectivity index (χ3n) is 7.39. The van der Waals surface area contributed by atoms with Crippen molar-refractivity contribution in [3.63, 3.8) is 0 Å². The Morgan fingerprint density at radius 3 is 2.67 bits per heavy atom. The number of aryl methyl sites for hydroxylation is 1. The molecule has 1 atom stereocenters. The van der Waals surface area contributed by atoms with E-state index in [1.165, 1.54) is 23.0 Å². The van der Waals surface area contributed by atoms with Gasteiger partial charge in [-0.1, -0.05) is 6.07 Å². The summed E-state index contributed by atoms with van der Waals surface area (Å²) in [6.45, 7) is -0.655.